The average Bonchev–Trinajstić information content (AvgIpc) is 2.62. The molecule has 2 amide bonds. The number of hydrogen-bond acceptors (Lipinski definition) is 6. The summed E-state index contributed by atoms with van der Waals surface area (Å²) >= 11 is 0. The van der Waals surface area contributed by atoms with Crippen molar-refractivity contribution in [3.05, 3.63) is 17.6 Å². The van der Waals surface area contributed by atoms with Gasteiger partial charge in [-0.15, -0.1) is 0 Å². The van der Waals surface area contributed by atoms with Crippen LogP contribution in [0.2, 0.25) is 0 Å². The number of amides is 2. The van der Waals surface area contributed by atoms with E-state index in [1.165, 1.54) is 11.9 Å². The van der Waals surface area contributed by atoms with Crippen LogP contribution in [0.3, 0.4) is 0 Å². The number of carbonyl (C=O) groups is 2. The van der Waals surface area contributed by atoms with Gasteiger partial charge in [0.15, 0.2) is 0 Å². The maximum absolute atomic E-state index is 11.9. The molecular formula is C21H33N5O3. The molecule has 1 heterocycles. The lowest BCUT2D eigenvalue weighted by atomic mass is 10.2. The van der Waals surface area contributed by atoms with Crippen molar-refractivity contribution >= 4 is 17.8 Å². The summed E-state index contributed by atoms with van der Waals surface area (Å²) in [6.07, 6.45) is 3.54. The predicted octanol–water partition coefficient (Wildman–Crippen LogP) is 2.72. The van der Waals surface area contributed by atoms with Gasteiger partial charge in [-0.05, 0) is 40.5 Å². The quantitative estimate of drug-likeness (QED) is 0.512. The van der Waals surface area contributed by atoms with Crippen LogP contribution in [0.4, 0.5) is 10.6 Å². The second-order valence-corrected chi connectivity index (χ2v) is 7.70. The molecule has 0 bridgehead atoms. The van der Waals surface area contributed by atoms with E-state index >= 15 is 0 Å². The number of rotatable bonds is 8. The number of hydrogen-bond donors (Lipinski definition) is 2. The molecule has 8 heteroatoms. The molecule has 1 aromatic heterocycles. The summed E-state index contributed by atoms with van der Waals surface area (Å²) in [6, 6.07) is 0. The van der Waals surface area contributed by atoms with Crippen molar-refractivity contribution in [2.45, 2.75) is 59.5 Å². The second kappa shape index (κ2) is 11.9. The zero-order chi connectivity index (χ0) is 21.9. The predicted molar refractivity (Wildman–Crippen MR) is 114 cm³/mol. The lowest BCUT2D eigenvalue weighted by Crippen LogP contribution is -2.41. The maximum atomic E-state index is 11.9. The number of carbonyl (C=O) groups excluding carboxylic acids is 2. The van der Waals surface area contributed by atoms with Gasteiger partial charge in [0.25, 0.3) is 0 Å². The van der Waals surface area contributed by atoms with Gasteiger partial charge in [-0.1, -0.05) is 18.8 Å². The molecule has 160 valence electrons. The highest BCUT2D eigenvalue weighted by molar-refractivity contribution is 5.82. The van der Waals surface area contributed by atoms with Crippen molar-refractivity contribution in [1.82, 2.24) is 20.2 Å². The fraction of sp³-hybridized carbons (Fsp3) is 0.619. The first-order valence-corrected chi connectivity index (χ1v) is 9.89. The largest absolute Gasteiger partial charge is 0.444 e. The summed E-state index contributed by atoms with van der Waals surface area (Å²) in [4.78, 5) is 33.6. The van der Waals surface area contributed by atoms with Crippen LogP contribution < -0.4 is 10.6 Å². The van der Waals surface area contributed by atoms with Crippen molar-refractivity contribution < 1.29 is 14.3 Å². The van der Waals surface area contributed by atoms with Crippen LogP contribution in [0.5, 0.6) is 0 Å². The Morgan fingerprint density at radius 1 is 1.28 bits per heavy atom. The fourth-order valence-corrected chi connectivity index (χ4v) is 2.18. The maximum Gasteiger partial charge on any atom is 0.410 e. The van der Waals surface area contributed by atoms with Crippen LogP contribution in [0, 0.1) is 18.8 Å². The number of unbranched alkanes of at least 4 members (excludes halogenated alkanes) is 1. The first-order chi connectivity index (χ1) is 13.6. The van der Waals surface area contributed by atoms with Gasteiger partial charge in [0.1, 0.15) is 23.8 Å². The van der Waals surface area contributed by atoms with Gasteiger partial charge in [0.2, 0.25) is 5.91 Å². The number of nitrogens with one attached hydrogen (secondary N) is 2. The Kier molecular flexibility index (Phi) is 9.93. The fourth-order valence-electron chi connectivity index (χ4n) is 2.18. The lowest BCUT2D eigenvalue weighted by Gasteiger charge is -2.24. The Labute approximate surface area is 173 Å². The summed E-state index contributed by atoms with van der Waals surface area (Å²) < 4.78 is 5.21. The molecule has 0 fully saturated rings. The van der Waals surface area contributed by atoms with E-state index in [4.69, 9.17) is 4.74 Å². The molecular weight excluding hydrogens is 370 g/mol. The zero-order valence-corrected chi connectivity index (χ0v) is 18.4. The van der Waals surface area contributed by atoms with E-state index in [9.17, 15) is 9.59 Å². The summed E-state index contributed by atoms with van der Waals surface area (Å²) in [5.41, 5.74) is 0.182. The number of likely N-dealkylation sites (N-methyl/N-ethyl adjacent to an activating group) is 1. The van der Waals surface area contributed by atoms with Crippen molar-refractivity contribution in [1.29, 1.82) is 0 Å². The van der Waals surface area contributed by atoms with E-state index in [-0.39, 0.29) is 12.5 Å². The van der Waals surface area contributed by atoms with Crippen molar-refractivity contribution in [3.8, 4) is 11.8 Å². The first kappa shape index (κ1) is 24.2. The minimum Gasteiger partial charge on any atom is -0.444 e. The molecule has 1 aromatic rings. The molecule has 0 radical (unpaired) electrons. The molecule has 0 spiro atoms. The highest BCUT2D eigenvalue weighted by Gasteiger charge is 2.20. The van der Waals surface area contributed by atoms with E-state index in [2.05, 4.69) is 39.4 Å². The van der Waals surface area contributed by atoms with E-state index in [0.717, 1.165) is 24.3 Å². The van der Waals surface area contributed by atoms with Gasteiger partial charge in [0.05, 0.1) is 5.56 Å². The molecule has 1 rings (SSSR count). The average molecular weight is 404 g/mol. The van der Waals surface area contributed by atoms with Crippen LogP contribution in [-0.4, -0.2) is 59.2 Å². The molecule has 0 aromatic carbocycles. The Bertz CT molecular complexity index is 747. The van der Waals surface area contributed by atoms with Crippen LogP contribution in [0.1, 0.15) is 58.3 Å². The second-order valence-electron chi connectivity index (χ2n) is 7.70. The van der Waals surface area contributed by atoms with Gasteiger partial charge in [0, 0.05) is 32.8 Å². The van der Waals surface area contributed by atoms with E-state index in [1.807, 2.05) is 6.92 Å². The van der Waals surface area contributed by atoms with E-state index < -0.39 is 11.7 Å². The highest BCUT2D eigenvalue weighted by Crippen LogP contribution is 2.10. The summed E-state index contributed by atoms with van der Waals surface area (Å²) in [7, 11) is 1.53. The Morgan fingerprint density at radius 3 is 2.66 bits per heavy atom. The molecule has 2 N–H and O–H groups in total. The first-order valence-electron chi connectivity index (χ1n) is 9.89. The SMILES string of the molecule is CCCNc1nc(C)ncc1C#CCCCNC(=O)CN(C)C(=O)OC(C)(C)C. The van der Waals surface area contributed by atoms with Crippen LogP contribution in [0.15, 0.2) is 6.20 Å². The minimum absolute atomic E-state index is 0.0479. The van der Waals surface area contributed by atoms with Gasteiger partial charge < -0.3 is 20.3 Å². The Morgan fingerprint density at radius 2 is 2.00 bits per heavy atom. The Balaban J connectivity index is 2.38. The van der Waals surface area contributed by atoms with E-state index in [0.29, 0.717) is 25.2 Å². The summed E-state index contributed by atoms with van der Waals surface area (Å²) in [5.74, 6) is 7.40. The topological polar surface area (TPSA) is 96.5 Å². The molecule has 29 heavy (non-hydrogen) atoms. The van der Waals surface area contributed by atoms with E-state index in [1.54, 1.807) is 27.0 Å². The van der Waals surface area contributed by atoms with Crippen LogP contribution in [-0.2, 0) is 9.53 Å². The van der Waals surface area contributed by atoms with Gasteiger partial charge in [-0.3, -0.25) is 4.79 Å². The number of ether oxygens (including phenoxy) is 1. The third kappa shape index (κ3) is 10.3. The standard InChI is InChI=1S/C21H33N5O3/c1-7-12-23-19-17(14-24-16(2)25-19)11-9-8-10-13-22-18(27)15-26(6)20(28)29-21(3,4)5/h14H,7-8,10,12-13,15H2,1-6H3,(H,22,27)(H,23,24,25). The van der Waals surface area contributed by atoms with Crippen molar-refractivity contribution in [3.63, 3.8) is 0 Å². The molecule has 0 saturated heterocycles. The molecule has 0 aliphatic rings. The Hall–Kier alpha value is -2.82. The number of aromatic nitrogens is 2. The normalized spacial score (nSPS) is 10.6. The number of nitrogens with zero attached hydrogens (tertiary/aromatic N) is 3. The monoisotopic (exact) mass is 403 g/mol. The smallest absolute Gasteiger partial charge is 0.410 e. The number of anilines is 1. The van der Waals surface area contributed by atoms with Crippen molar-refractivity contribution in [2.75, 3.05) is 32.0 Å². The van der Waals surface area contributed by atoms with Gasteiger partial charge >= 0.3 is 6.09 Å². The van der Waals surface area contributed by atoms with Crippen molar-refractivity contribution in [2.24, 2.45) is 0 Å². The summed E-state index contributed by atoms with van der Waals surface area (Å²) in [5, 5.41) is 6.04. The van der Waals surface area contributed by atoms with Crippen LogP contribution in [0.25, 0.3) is 0 Å². The van der Waals surface area contributed by atoms with Gasteiger partial charge in [-0.2, -0.15) is 0 Å². The minimum atomic E-state index is -0.588. The highest BCUT2D eigenvalue weighted by atomic mass is 16.6. The number of aryl methyl sites for hydroxylation is 1. The third-order valence-electron chi connectivity index (χ3n) is 3.56. The molecule has 0 atom stereocenters. The van der Waals surface area contributed by atoms with Crippen LogP contribution >= 0.6 is 0 Å². The molecule has 0 aliphatic carbocycles. The zero-order valence-electron chi connectivity index (χ0n) is 18.4. The molecule has 8 nitrogen and oxygen atoms in total. The van der Waals surface area contributed by atoms with Gasteiger partial charge in [-0.25, -0.2) is 14.8 Å². The molecule has 0 aliphatic heterocycles. The molecule has 0 unspecified atom stereocenters. The summed E-state index contributed by atoms with van der Waals surface area (Å²) in [6.45, 7) is 10.6. The molecule has 0 saturated carbocycles. The lowest BCUT2D eigenvalue weighted by molar-refractivity contribution is -0.122. The third-order valence-corrected chi connectivity index (χ3v) is 3.56.